The predicted molar refractivity (Wildman–Crippen MR) is 79.1 cm³/mol. The number of carboxylic acids is 1. The van der Waals surface area contributed by atoms with Crippen LogP contribution in [0.2, 0.25) is 0 Å². The molecule has 1 aliphatic rings. The van der Waals surface area contributed by atoms with Crippen LogP contribution < -0.4 is 0 Å². The largest absolute Gasteiger partial charge is 0.478 e. The summed E-state index contributed by atoms with van der Waals surface area (Å²) < 4.78 is 2.15. The Morgan fingerprint density at radius 3 is 2.70 bits per heavy atom. The van der Waals surface area contributed by atoms with E-state index in [2.05, 4.69) is 22.5 Å². The number of likely N-dealkylation sites (tertiary alicyclic amines) is 1. The molecule has 0 amide bonds. The summed E-state index contributed by atoms with van der Waals surface area (Å²) in [7, 11) is 0. The Balaban J connectivity index is 2.08. The van der Waals surface area contributed by atoms with E-state index in [0.717, 1.165) is 37.1 Å². The molecule has 0 aliphatic carbocycles. The summed E-state index contributed by atoms with van der Waals surface area (Å²) in [6, 6.07) is 7.66. The van der Waals surface area contributed by atoms with Gasteiger partial charge in [0.2, 0.25) is 0 Å². The molecular weight excluding hydrogens is 252 g/mol. The topological polar surface area (TPSA) is 45.5 Å². The second-order valence-corrected chi connectivity index (χ2v) is 5.41. The van der Waals surface area contributed by atoms with Crippen LogP contribution in [0.25, 0.3) is 10.9 Å². The molecule has 2 aromatic rings. The number of carboxylic acid groups (broad SMARTS) is 1. The first-order chi connectivity index (χ1) is 9.70. The van der Waals surface area contributed by atoms with E-state index in [0.29, 0.717) is 5.56 Å². The van der Waals surface area contributed by atoms with Crippen LogP contribution in [-0.4, -0.2) is 33.6 Å². The number of nitrogens with zero attached hydrogens (tertiary/aromatic N) is 2. The molecule has 0 spiro atoms. The first-order valence-corrected chi connectivity index (χ1v) is 7.27. The first-order valence-electron chi connectivity index (χ1n) is 7.27. The first kappa shape index (κ1) is 13.2. The van der Waals surface area contributed by atoms with Gasteiger partial charge in [-0.25, -0.2) is 4.79 Å². The fourth-order valence-corrected chi connectivity index (χ4v) is 3.21. The number of rotatable bonds is 4. The standard InChI is InChI=1S/C16H20N2O2/c1-2-18-13(11-17-8-3-4-9-17)10-12-6-5-7-14(15(12)18)16(19)20/h5-7,10H,2-4,8-9,11H2,1H3,(H,19,20). The van der Waals surface area contributed by atoms with Gasteiger partial charge in [-0.05, 0) is 45.0 Å². The van der Waals surface area contributed by atoms with Crippen LogP contribution in [0.5, 0.6) is 0 Å². The lowest BCUT2D eigenvalue weighted by atomic mass is 10.1. The molecule has 2 heterocycles. The second kappa shape index (κ2) is 5.29. The van der Waals surface area contributed by atoms with Crippen LogP contribution in [-0.2, 0) is 13.1 Å². The molecule has 106 valence electrons. The van der Waals surface area contributed by atoms with Crippen molar-refractivity contribution in [3.8, 4) is 0 Å². The minimum absolute atomic E-state index is 0.400. The van der Waals surface area contributed by atoms with E-state index in [4.69, 9.17) is 0 Å². The van der Waals surface area contributed by atoms with Gasteiger partial charge in [-0.15, -0.1) is 0 Å². The van der Waals surface area contributed by atoms with Gasteiger partial charge >= 0.3 is 5.97 Å². The Kier molecular flexibility index (Phi) is 3.49. The van der Waals surface area contributed by atoms with E-state index in [1.807, 2.05) is 12.1 Å². The minimum atomic E-state index is -0.851. The summed E-state index contributed by atoms with van der Waals surface area (Å²) >= 11 is 0. The average molecular weight is 272 g/mol. The fourth-order valence-electron chi connectivity index (χ4n) is 3.21. The van der Waals surface area contributed by atoms with Crippen molar-refractivity contribution in [2.24, 2.45) is 0 Å². The van der Waals surface area contributed by atoms with Gasteiger partial charge in [0.25, 0.3) is 0 Å². The lowest BCUT2D eigenvalue weighted by Crippen LogP contribution is -2.20. The molecule has 4 heteroatoms. The molecule has 1 aliphatic heterocycles. The Labute approximate surface area is 118 Å². The highest BCUT2D eigenvalue weighted by Crippen LogP contribution is 2.25. The van der Waals surface area contributed by atoms with Gasteiger partial charge in [-0.3, -0.25) is 4.90 Å². The van der Waals surface area contributed by atoms with E-state index in [9.17, 15) is 9.90 Å². The predicted octanol–water partition coefficient (Wildman–Crippen LogP) is 2.96. The second-order valence-electron chi connectivity index (χ2n) is 5.41. The number of fused-ring (bicyclic) bond motifs is 1. The number of para-hydroxylation sites is 1. The smallest absolute Gasteiger partial charge is 0.337 e. The fraction of sp³-hybridized carbons (Fsp3) is 0.438. The van der Waals surface area contributed by atoms with Crippen molar-refractivity contribution in [2.75, 3.05) is 13.1 Å². The van der Waals surface area contributed by atoms with Crippen molar-refractivity contribution in [1.29, 1.82) is 0 Å². The molecule has 0 radical (unpaired) electrons. The molecule has 1 fully saturated rings. The number of aromatic carboxylic acids is 1. The Hall–Kier alpha value is -1.81. The third-order valence-corrected chi connectivity index (χ3v) is 4.14. The summed E-state index contributed by atoms with van der Waals surface area (Å²) in [5.41, 5.74) is 2.48. The van der Waals surface area contributed by atoms with Gasteiger partial charge in [-0.2, -0.15) is 0 Å². The van der Waals surface area contributed by atoms with Crippen LogP contribution in [0.15, 0.2) is 24.3 Å². The number of hydrogen-bond acceptors (Lipinski definition) is 2. The number of aryl methyl sites for hydroxylation is 1. The quantitative estimate of drug-likeness (QED) is 0.930. The normalized spacial score (nSPS) is 16.1. The molecule has 1 aromatic carbocycles. The summed E-state index contributed by atoms with van der Waals surface area (Å²) in [6.07, 6.45) is 2.54. The van der Waals surface area contributed by atoms with E-state index in [-0.39, 0.29) is 0 Å². The molecule has 20 heavy (non-hydrogen) atoms. The minimum Gasteiger partial charge on any atom is -0.478 e. The molecule has 3 rings (SSSR count). The van der Waals surface area contributed by atoms with Crippen LogP contribution in [0.4, 0.5) is 0 Å². The lowest BCUT2D eigenvalue weighted by Gasteiger charge is -2.16. The molecule has 0 saturated carbocycles. The number of benzene rings is 1. The summed E-state index contributed by atoms with van der Waals surface area (Å²) in [4.78, 5) is 13.9. The van der Waals surface area contributed by atoms with Crippen molar-refractivity contribution < 1.29 is 9.90 Å². The van der Waals surface area contributed by atoms with Crippen LogP contribution >= 0.6 is 0 Å². The Bertz CT molecular complexity index is 639. The van der Waals surface area contributed by atoms with Gasteiger partial charge in [0.15, 0.2) is 0 Å². The Morgan fingerprint density at radius 1 is 1.30 bits per heavy atom. The van der Waals surface area contributed by atoms with E-state index in [1.54, 1.807) is 6.07 Å². The molecule has 1 aromatic heterocycles. The van der Waals surface area contributed by atoms with Crippen molar-refractivity contribution >= 4 is 16.9 Å². The van der Waals surface area contributed by atoms with Gasteiger partial charge < -0.3 is 9.67 Å². The third kappa shape index (κ3) is 2.20. The number of carbonyl (C=O) groups is 1. The molecule has 0 bridgehead atoms. The van der Waals surface area contributed by atoms with Crippen LogP contribution in [0.3, 0.4) is 0 Å². The number of hydrogen-bond donors (Lipinski definition) is 1. The molecule has 0 atom stereocenters. The van der Waals surface area contributed by atoms with Crippen LogP contribution in [0.1, 0.15) is 35.8 Å². The van der Waals surface area contributed by atoms with Gasteiger partial charge in [0.1, 0.15) is 0 Å². The maximum Gasteiger partial charge on any atom is 0.337 e. The van der Waals surface area contributed by atoms with Gasteiger partial charge in [0.05, 0.1) is 11.1 Å². The van der Waals surface area contributed by atoms with Crippen molar-refractivity contribution in [3.05, 3.63) is 35.5 Å². The highest BCUT2D eigenvalue weighted by molar-refractivity contribution is 6.02. The highest BCUT2D eigenvalue weighted by atomic mass is 16.4. The van der Waals surface area contributed by atoms with Crippen molar-refractivity contribution in [1.82, 2.24) is 9.47 Å². The van der Waals surface area contributed by atoms with E-state index in [1.165, 1.54) is 18.5 Å². The van der Waals surface area contributed by atoms with E-state index < -0.39 is 5.97 Å². The van der Waals surface area contributed by atoms with Crippen LogP contribution in [0, 0.1) is 0 Å². The van der Waals surface area contributed by atoms with Gasteiger partial charge in [-0.1, -0.05) is 12.1 Å². The summed E-state index contributed by atoms with van der Waals surface area (Å²) in [6.45, 7) is 6.10. The zero-order chi connectivity index (χ0) is 14.1. The Morgan fingerprint density at radius 2 is 2.05 bits per heavy atom. The monoisotopic (exact) mass is 272 g/mol. The lowest BCUT2D eigenvalue weighted by molar-refractivity contribution is 0.0698. The van der Waals surface area contributed by atoms with Gasteiger partial charge in [0, 0.05) is 24.2 Å². The average Bonchev–Trinajstić information content (AvgIpc) is 3.05. The molecule has 1 N–H and O–H groups in total. The third-order valence-electron chi connectivity index (χ3n) is 4.14. The SMILES string of the molecule is CCn1c(CN2CCCC2)cc2cccc(C(=O)O)c21. The maximum absolute atomic E-state index is 11.4. The molecular formula is C16H20N2O2. The van der Waals surface area contributed by atoms with Crippen molar-refractivity contribution in [3.63, 3.8) is 0 Å². The molecule has 1 saturated heterocycles. The summed E-state index contributed by atoms with van der Waals surface area (Å²) in [5.74, 6) is -0.851. The molecule has 0 unspecified atom stereocenters. The summed E-state index contributed by atoms with van der Waals surface area (Å²) in [5, 5.41) is 10.4. The number of aromatic nitrogens is 1. The van der Waals surface area contributed by atoms with E-state index >= 15 is 0 Å². The maximum atomic E-state index is 11.4. The van der Waals surface area contributed by atoms with Crippen molar-refractivity contribution in [2.45, 2.75) is 32.9 Å². The molecule has 4 nitrogen and oxygen atoms in total. The highest BCUT2D eigenvalue weighted by Gasteiger charge is 2.18. The zero-order valence-electron chi connectivity index (χ0n) is 11.8. The zero-order valence-corrected chi connectivity index (χ0v) is 11.8.